The highest BCUT2D eigenvalue weighted by molar-refractivity contribution is 6.31. The topological polar surface area (TPSA) is 59.4 Å². The molecule has 0 bridgehead atoms. The molecule has 0 aliphatic heterocycles. The third-order valence-electron chi connectivity index (χ3n) is 2.29. The van der Waals surface area contributed by atoms with Gasteiger partial charge in [0.25, 0.3) is 0 Å². The predicted molar refractivity (Wildman–Crippen MR) is 60.0 cm³/mol. The van der Waals surface area contributed by atoms with E-state index in [9.17, 15) is 9.59 Å². The first-order chi connectivity index (χ1) is 7.74. The van der Waals surface area contributed by atoms with Gasteiger partial charge in [-0.3, -0.25) is 19.6 Å². The van der Waals surface area contributed by atoms with Crippen LogP contribution in [0.4, 0.5) is 0 Å². The Labute approximate surface area is 92.7 Å². The number of hydrogen-bond donors (Lipinski definition) is 0. The third-order valence-corrected chi connectivity index (χ3v) is 2.29. The Hall–Kier alpha value is -2.10. The summed E-state index contributed by atoms with van der Waals surface area (Å²) in [5.41, 5.74) is 1.10. The number of aromatic nitrogens is 1. The summed E-state index contributed by atoms with van der Waals surface area (Å²) in [5, 5.41) is 0. The molecular formula is C12H10N2O2. The summed E-state index contributed by atoms with van der Waals surface area (Å²) in [6, 6.07) is 1.56. The molecule has 0 saturated heterocycles. The summed E-state index contributed by atoms with van der Waals surface area (Å²) in [6.07, 6.45) is 5.68. The Kier molecular flexibility index (Phi) is 2.72. The number of aliphatic imine (C=N–C) groups is 1. The van der Waals surface area contributed by atoms with E-state index in [0.29, 0.717) is 23.2 Å². The number of allylic oxidation sites excluding steroid dienone is 2. The van der Waals surface area contributed by atoms with Crippen molar-refractivity contribution in [3.05, 3.63) is 41.2 Å². The van der Waals surface area contributed by atoms with Gasteiger partial charge < -0.3 is 0 Å². The van der Waals surface area contributed by atoms with Gasteiger partial charge >= 0.3 is 0 Å². The maximum absolute atomic E-state index is 11.9. The molecule has 0 fully saturated rings. The van der Waals surface area contributed by atoms with Crippen molar-refractivity contribution < 1.29 is 9.59 Å². The van der Waals surface area contributed by atoms with E-state index in [4.69, 9.17) is 0 Å². The van der Waals surface area contributed by atoms with Crippen molar-refractivity contribution >= 4 is 17.8 Å². The van der Waals surface area contributed by atoms with Crippen LogP contribution >= 0.6 is 0 Å². The molecule has 1 aliphatic carbocycles. The second-order valence-corrected chi connectivity index (χ2v) is 3.34. The maximum atomic E-state index is 11.9. The Morgan fingerprint density at radius 1 is 1.38 bits per heavy atom. The van der Waals surface area contributed by atoms with Crippen molar-refractivity contribution in [1.29, 1.82) is 0 Å². The third kappa shape index (κ3) is 1.69. The van der Waals surface area contributed by atoms with E-state index in [1.807, 2.05) is 6.92 Å². The molecule has 0 atom stereocenters. The number of carbonyl (C=O) groups is 2. The van der Waals surface area contributed by atoms with Crippen LogP contribution in [0.1, 0.15) is 27.6 Å². The zero-order chi connectivity index (χ0) is 11.5. The van der Waals surface area contributed by atoms with Gasteiger partial charge in [0.15, 0.2) is 11.6 Å². The average molecular weight is 214 g/mol. The molecule has 0 amide bonds. The van der Waals surface area contributed by atoms with Crippen LogP contribution in [-0.4, -0.2) is 29.3 Å². The Morgan fingerprint density at radius 3 is 2.94 bits per heavy atom. The van der Waals surface area contributed by atoms with Gasteiger partial charge in [0, 0.05) is 36.3 Å². The summed E-state index contributed by atoms with van der Waals surface area (Å²) in [7, 11) is 0. The molecule has 0 saturated carbocycles. The summed E-state index contributed by atoms with van der Waals surface area (Å²) in [6.45, 7) is 2.45. The summed E-state index contributed by atoms with van der Waals surface area (Å²) in [4.78, 5) is 31.4. The molecule has 0 radical (unpaired) electrons. The molecule has 1 aromatic rings. The summed E-state index contributed by atoms with van der Waals surface area (Å²) in [5.74, 6) is -0.366. The summed E-state index contributed by atoms with van der Waals surface area (Å²) < 4.78 is 0. The molecular weight excluding hydrogens is 204 g/mol. The number of pyridine rings is 1. The molecule has 1 aromatic heterocycles. The van der Waals surface area contributed by atoms with Crippen LogP contribution in [-0.2, 0) is 0 Å². The number of Topliss-reactive ketones (excluding diaryl/α,β-unsaturated/α-hetero) is 1. The van der Waals surface area contributed by atoms with Crippen molar-refractivity contribution in [1.82, 2.24) is 4.98 Å². The Balaban J connectivity index is 2.47. The molecule has 1 aliphatic rings. The highest BCUT2D eigenvalue weighted by Gasteiger charge is 2.24. The molecule has 4 nitrogen and oxygen atoms in total. The van der Waals surface area contributed by atoms with E-state index in [1.165, 1.54) is 24.7 Å². The van der Waals surface area contributed by atoms with Crippen LogP contribution in [0.15, 0.2) is 35.1 Å². The van der Waals surface area contributed by atoms with Crippen LogP contribution in [0.2, 0.25) is 0 Å². The van der Waals surface area contributed by atoms with Crippen molar-refractivity contribution in [2.24, 2.45) is 4.99 Å². The first kappa shape index (κ1) is 10.4. The molecule has 0 spiro atoms. The van der Waals surface area contributed by atoms with Crippen molar-refractivity contribution in [3.8, 4) is 0 Å². The maximum Gasteiger partial charge on any atom is 0.195 e. The number of hydrogen-bond acceptors (Lipinski definition) is 4. The smallest absolute Gasteiger partial charge is 0.195 e. The Bertz CT molecular complexity index is 516. The van der Waals surface area contributed by atoms with E-state index in [2.05, 4.69) is 9.98 Å². The molecule has 0 aromatic carbocycles. The van der Waals surface area contributed by atoms with Crippen LogP contribution in [0.5, 0.6) is 0 Å². The van der Waals surface area contributed by atoms with E-state index < -0.39 is 0 Å². The fraction of sp³-hybridized carbons (Fsp3) is 0.167. The average Bonchev–Trinajstić information content (AvgIpc) is 2.32. The quantitative estimate of drug-likeness (QED) is 0.700. The van der Waals surface area contributed by atoms with Gasteiger partial charge in [-0.25, -0.2) is 0 Å². The lowest BCUT2D eigenvalue weighted by molar-refractivity contribution is 0.0989. The van der Waals surface area contributed by atoms with E-state index >= 15 is 0 Å². The molecule has 0 unspecified atom stereocenters. The molecule has 2 rings (SSSR count). The number of carbonyl (C=O) groups excluding carboxylic acids is 2. The van der Waals surface area contributed by atoms with Crippen molar-refractivity contribution in [2.75, 3.05) is 6.54 Å². The van der Waals surface area contributed by atoms with Gasteiger partial charge in [-0.1, -0.05) is 0 Å². The van der Waals surface area contributed by atoms with Crippen molar-refractivity contribution in [2.45, 2.75) is 6.92 Å². The van der Waals surface area contributed by atoms with Gasteiger partial charge in [-0.15, -0.1) is 0 Å². The highest BCUT2D eigenvalue weighted by Crippen LogP contribution is 2.19. The van der Waals surface area contributed by atoms with Gasteiger partial charge in [0.2, 0.25) is 0 Å². The minimum Gasteiger partial charge on any atom is -0.293 e. The van der Waals surface area contributed by atoms with Crippen LogP contribution in [0.25, 0.3) is 0 Å². The normalized spacial score (nSPS) is 15.2. The number of rotatable bonds is 2. The fourth-order valence-corrected chi connectivity index (χ4v) is 1.51. The van der Waals surface area contributed by atoms with Crippen molar-refractivity contribution in [3.63, 3.8) is 0 Å². The summed E-state index contributed by atoms with van der Waals surface area (Å²) >= 11 is 0. The lowest BCUT2D eigenvalue weighted by Crippen LogP contribution is -2.17. The van der Waals surface area contributed by atoms with Crippen LogP contribution in [0.3, 0.4) is 0 Å². The predicted octanol–water partition coefficient (Wildman–Crippen LogP) is 1.48. The second-order valence-electron chi connectivity index (χ2n) is 3.34. The van der Waals surface area contributed by atoms with Crippen LogP contribution < -0.4 is 0 Å². The zero-order valence-electron chi connectivity index (χ0n) is 8.80. The largest absolute Gasteiger partial charge is 0.293 e. The number of nitrogens with zero attached hydrogens (tertiary/aromatic N) is 2. The minimum absolute atomic E-state index is 0.172. The second kappa shape index (κ2) is 4.18. The molecule has 16 heavy (non-hydrogen) atoms. The SMILES string of the molecule is CCN=CC1=CC(=O)c2cnccc2C1=O. The van der Waals surface area contributed by atoms with Gasteiger partial charge in [0.1, 0.15) is 0 Å². The highest BCUT2D eigenvalue weighted by atomic mass is 16.1. The van der Waals surface area contributed by atoms with Gasteiger partial charge in [-0.05, 0) is 19.1 Å². The lowest BCUT2D eigenvalue weighted by Gasteiger charge is -2.11. The lowest BCUT2D eigenvalue weighted by atomic mass is 9.91. The van der Waals surface area contributed by atoms with E-state index in [1.54, 1.807) is 6.07 Å². The minimum atomic E-state index is -0.194. The van der Waals surface area contributed by atoms with E-state index in [0.717, 1.165) is 0 Å². The van der Waals surface area contributed by atoms with Gasteiger partial charge in [-0.2, -0.15) is 0 Å². The molecule has 80 valence electrons. The van der Waals surface area contributed by atoms with E-state index in [-0.39, 0.29) is 11.6 Å². The molecule has 1 heterocycles. The number of fused-ring (bicyclic) bond motifs is 1. The fourth-order valence-electron chi connectivity index (χ4n) is 1.51. The molecule has 4 heteroatoms. The Morgan fingerprint density at radius 2 is 2.19 bits per heavy atom. The first-order valence-electron chi connectivity index (χ1n) is 4.98. The van der Waals surface area contributed by atoms with Crippen LogP contribution in [0, 0.1) is 0 Å². The number of ketones is 2. The monoisotopic (exact) mass is 214 g/mol. The van der Waals surface area contributed by atoms with Gasteiger partial charge in [0.05, 0.1) is 5.56 Å². The zero-order valence-corrected chi connectivity index (χ0v) is 8.80. The molecule has 0 N–H and O–H groups in total. The first-order valence-corrected chi connectivity index (χ1v) is 4.98. The standard InChI is InChI=1S/C12H10N2O2/c1-2-13-6-8-5-11(15)10-7-14-4-3-9(10)12(8)16/h3-7H,2H2,1H3.